The summed E-state index contributed by atoms with van der Waals surface area (Å²) in [7, 11) is 0. The lowest BCUT2D eigenvalue weighted by Gasteiger charge is -2.40. The van der Waals surface area contributed by atoms with E-state index in [9.17, 15) is 0 Å². The highest BCUT2D eigenvalue weighted by atomic mass is 16.5. The van der Waals surface area contributed by atoms with E-state index >= 15 is 0 Å². The highest BCUT2D eigenvalue weighted by molar-refractivity contribution is 5.37. The number of hydrogen-bond donors (Lipinski definition) is 1. The third-order valence-electron chi connectivity index (χ3n) is 4.37. The number of rotatable bonds is 10. The lowest BCUT2D eigenvalue weighted by atomic mass is 9.76. The summed E-state index contributed by atoms with van der Waals surface area (Å²) in [6.45, 7) is 10.6. The molecule has 0 saturated carbocycles. The van der Waals surface area contributed by atoms with E-state index in [1.807, 2.05) is 6.08 Å². The van der Waals surface area contributed by atoms with Gasteiger partial charge in [-0.1, -0.05) is 80.6 Å². The van der Waals surface area contributed by atoms with Gasteiger partial charge in [-0.05, 0) is 17.5 Å². The number of benzene rings is 2. The summed E-state index contributed by atoms with van der Waals surface area (Å²) in [5, 5.41) is 3.46. The highest BCUT2D eigenvalue weighted by Gasteiger charge is 2.40. The zero-order valence-electron chi connectivity index (χ0n) is 14.9. The van der Waals surface area contributed by atoms with Crippen molar-refractivity contribution in [2.45, 2.75) is 25.9 Å². The SMILES string of the molecule is C=CCNCC(C)C(OCCC)(c1ccccc1)c1ccccc1. The molecule has 0 aliphatic heterocycles. The van der Waals surface area contributed by atoms with Gasteiger partial charge in [0, 0.05) is 25.6 Å². The van der Waals surface area contributed by atoms with Gasteiger partial charge in [0.25, 0.3) is 0 Å². The summed E-state index contributed by atoms with van der Waals surface area (Å²) in [5.74, 6) is 0.272. The summed E-state index contributed by atoms with van der Waals surface area (Å²) in [6.07, 6.45) is 2.89. The summed E-state index contributed by atoms with van der Waals surface area (Å²) in [4.78, 5) is 0. The Labute approximate surface area is 146 Å². The van der Waals surface area contributed by atoms with Crippen molar-refractivity contribution in [3.05, 3.63) is 84.4 Å². The summed E-state index contributed by atoms with van der Waals surface area (Å²) < 4.78 is 6.58. The average Bonchev–Trinajstić information content (AvgIpc) is 2.64. The molecule has 0 aliphatic carbocycles. The zero-order chi connectivity index (χ0) is 17.3. The molecule has 2 heteroatoms. The van der Waals surface area contributed by atoms with Gasteiger partial charge in [0.2, 0.25) is 0 Å². The molecule has 0 aromatic heterocycles. The summed E-state index contributed by atoms with van der Waals surface area (Å²) >= 11 is 0. The molecule has 1 atom stereocenters. The smallest absolute Gasteiger partial charge is 0.122 e. The van der Waals surface area contributed by atoms with Gasteiger partial charge in [0.15, 0.2) is 0 Å². The molecule has 0 saturated heterocycles. The van der Waals surface area contributed by atoms with Crippen molar-refractivity contribution in [3.63, 3.8) is 0 Å². The number of ether oxygens (including phenoxy) is 1. The minimum Gasteiger partial charge on any atom is -0.365 e. The van der Waals surface area contributed by atoms with Crippen LogP contribution < -0.4 is 5.32 Å². The molecule has 1 unspecified atom stereocenters. The van der Waals surface area contributed by atoms with Gasteiger partial charge in [-0.2, -0.15) is 0 Å². The fourth-order valence-corrected chi connectivity index (χ4v) is 3.22. The van der Waals surface area contributed by atoms with Crippen LogP contribution in [-0.4, -0.2) is 19.7 Å². The van der Waals surface area contributed by atoms with E-state index in [1.165, 1.54) is 11.1 Å². The van der Waals surface area contributed by atoms with Gasteiger partial charge >= 0.3 is 0 Å². The molecule has 2 aromatic carbocycles. The first kappa shape index (κ1) is 18.4. The normalized spacial score (nSPS) is 12.8. The van der Waals surface area contributed by atoms with Gasteiger partial charge in [-0.25, -0.2) is 0 Å². The van der Waals surface area contributed by atoms with Crippen molar-refractivity contribution in [2.75, 3.05) is 19.7 Å². The standard InChI is InChI=1S/C22H29NO/c1-4-16-23-18-19(3)22(24-17-5-2,20-12-8-6-9-13-20)21-14-10-7-11-15-21/h4,6-15,19,23H,1,5,16-18H2,2-3H3. The van der Waals surface area contributed by atoms with Crippen LogP contribution in [0.5, 0.6) is 0 Å². The van der Waals surface area contributed by atoms with E-state index in [2.05, 4.69) is 86.4 Å². The van der Waals surface area contributed by atoms with Crippen LogP contribution in [0.4, 0.5) is 0 Å². The quantitative estimate of drug-likeness (QED) is 0.502. The fraction of sp³-hybridized carbons (Fsp3) is 0.364. The maximum absolute atomic E-state index is 6.58. The Morgan fingerprint density at radius 1 is 1.04 bits per heavy atom. The Kier molecular flexibility index (Phi) is 7.23. The molecule has 0 heterocycles. The Bertz CT molecular complexity index is 554. The lowest BCUT2D eigenvalue weighted by Crippen LogP contribution is -2.43. The van der Waals surface area contributed by atoms with Gasteiger partial charge < -0.3 is 10.1 Å². The first-order chi connectivity index (χ1) is 11.8. The van der Waals surface area contributed by atoms with Crippen LogP contribution >= 0.6 is 0 Å². The van der Waals surface area contributed by atoms with Crippen LogP contribution in [0.25, 0.3) is 0 Å². The fourth-order valence-electron chi connectivity index (χ4n) is 3.22. The maximum atomic E-state index is 6.58. The molecule has 0 radical (unpaired) electrons. The molecule has 0 bridgehead atoms. The Morgan fingerprint density at radius 3 is 2.04 bits per heavy atom. The second kappa shape index (κ2) is 9.41. The molecular weight excluding hydrogens is 294 g/mol. The van der Waals surface area contributed by atoms with Crippen molar-refractivity contribution in [2.24, 2.45) is 5.92 Å². The van der Waals surface area contributed by atoms with Gasteiger partial charge in [0.1, 0.15) is 5.60 Å². The molecule has 0 amide bonds. The van der Waals surface area contributed by atoms with Crippen LogP contribution in [0, 0.1) is 5.92 Å². The maximum Gasteiger partial charge on any atom is 0.122 e. The molecule has 0 spiro atoms. The predicted octanol–water partition coefficient (Wildman–Crippen LogP) is 4.77. The van der Waals surface area contributed by atoms with Crippen LogP contribution in [0.3, 0.4) is 0 Å². The van der Waals surface area contributed by atoms with E-state index in [0.29, 0.717) is 0 Å². The van der Waals surface area contributed by atoms with Gasteiger partial charge in [0.05, 0.1) is 0 Å². The Balaban J connectivity index is 2.49. The third kappa shape index (κ3) is 4.14. The van der Waals surface area contributed by atoms with Crippen molar-refractivity contribution in [1.29, 1.82) is 0 Å². The summed E-state index contributed by atoms with van der Waals surface area (Å²) in [5.41, 5.74) is 1.96. The second-order valence-electron chi connectivity index (χ2n) is 6.16. The Morgan fingerprint density at radius 2 is 1.58 bits per heavy atom. The van der Waals surface area contributed by atoms with Crippen LogP contribution in [0.1, 0.15) is 31.4 Å². The minimum absolute atomic E-state index is 0.272. The van der Waals surface area contributed by atoms with Gasteiger partial charge in [-0.3, -0.25) is 0 Å². The minimum atomic E-state index is -0.452. The average molecular weight is 323 g/mol. The van der Waals surface area contributed by atoms with Crippen LogP contribution in [0.2, 0.25) is 0 Å². The van der Waals surface area contributed by atoms with Crippen molar-refractivity contribution < 1.29 is 4.74 Å². The molecule has 1 N–H and O–H groups in total. The van der Waals surface area contributed by atoms with Crippen molar-refractivity contribution in [3.8, 4) is 0 Å². The molecule has 128 valence electrons. The molecule has 2 aromatic rings. The van der Waals surface area contributed by atoms with E-state index in [1.54, 1.807) is 0 Å². The van der Waals surface area contributed by atoms with Gasteiger partial charge in [-0.15, -0.1) is 6.58 Å². The molecular formula is C22H29NO. The molecule has 0 aliphatic rings. The van der Waals surface area contributed by atoms with E-state index < -0.39 is 5.60 Å². The van der Waals surface area contributed by atoms with Crippen LogP contribution in [0.15, 0.2) is 73.3 Å². The number of nitrogens with one attached hydrogen (secondary N) is 1. The van der Waals surface area contributed by atoms with E-state index in [-0.39, 0.29) is 5.92 Å². The number of hydrogen-bond acceptors (Lipinski definition) is 2. The summed E-state index contributed by atoms with van der Waals surface area (Å²) in [6, 6.07) is 21.2. The first-order valence-electron chi connectivity index (χ1n) is 8.82. The topological polar surface area (TPSA) is 21.3 Å². The zero-order valence-corrected chi connectivity index (χ0v) is 14.9. The second-order valence-corrected chi connectivity index (χ2v) is 6.16. The Hall–Kier alpha value is -1.90. The van der Waals surface area contributed by atoms with Crippen molar-refractivity contribution in [1.82, 2.24) is 5.32 Å². The first-order valence-corrected chi connectivity index (χ1v) is 8.82. The molecule has 0 fully saturated rings. The van der Waals surface area contributed by atoms with Crippen molar-refractivity contribution >= 4 is 0 Å². The highest BCUT2D eigenvalue weighted by Crippen LogP contribution is 2.40. The lowest BCUT2D eigenvalue weighted by molar-refractivity contribution is -0.0564. The third-order valence-corrected chi connectivity index (χ3v) is 4.37. The van der Waals surface area contributed by atoms with E-state index in [0.717, 1.165) is 26.1 Å². The largest absolute Gasteiger partial charge is 0.365 e. The monoisotopic (exact) mass is 323 g/mol. The predicted molar refractivity (Wildman–Crippen MR) is 102 cm³/mol. The molecule has 2 rings (SSSR count). The van der Waals surface area contributed by atoms with Crippen LogP contribution in [-0.2, 0) is 10.3 Å². The molecule has 2 nitrogen and oxygen atoms in total. The van der Waals surface area contributed by atoms with E-state index in [4.69, 9.17) is 4.74 Å². The molecule has 24 heavy (non-hydrogen) atoms.